The average molecular weight is 250 g/mol. The Labute approximate surface area is 105 Å². The molecule has 1 aromatic rings. The molecule has 0 aliphatic heterocycles. The van der Waals surface area contributed by atoms with Crippen molar-refractivity contribution < 1.29 is 14.3 Å². The lowest BCUT2D eigenvalue weighted by Crippen LogP contribution is -1.96. The number of esters is 1. The van der Waals surface area contributed by atoms with Gasteiger partial charge in [-0.1, -0.05) is 36.9 Å². The van der Waals surface area contributed by atoms with E-state index < -0.39 is 0 Å². The first-order valence-electron chi connectivity index (χ1n) is 5.21. The van der Waals surface area contributed by atoms with E-state index in [-0.39, 0.29) is 5.97 Å². The minimum atomic E-state index is -0.377. The molecular weight excluding hydrogens is 236 g/mol. The second-order valence-corrected chi connectivity index (χ2v) is 4.41. The fraction of sp³-hybridized carbons (Fsp3) is 0.231. The van der Waals surface area contributed by atoms with Crippen molar-refractivity contribution in [2.45, 2.75) is 18.2 Å². The first-order chi connectivity index (χ1) is 8.21. The molecular formula is C13H14O3S. The summed E-state index contributed by atoms with van der Waals surface area (Å²) in [5.41, 5.74) is 0.627. The summed E-state index contributed by atoms with van der Waals surface area (Å²) in [5.74, 6) is -0.377. The van der Waals surface area contributed by atoms with Gasteiger partial charge in [-0.05, 0) is 17.4 Å². The lowest BCUT2D eigenvalue weighted by molar-refractivity contribution is -0.134. The maximum atomic E-state index is 11.1. The fourth-order valence-corrected chi connectivity index (χ4v) is 2.17. The molecule has 0 spiro atoms. The molecule has 0 atom stereocenters. The van der Waals surface area contributed by atoms with Crippen LogP contribution in [0.1, 0.15) is 23.7 Å². The van der Waals surface area contributed by atoms with Crippen molar-refractivity contribution in [3.05, 3.63) is 40.8 Å². The third kappa shape index (κ3) is 4.07. The van der Waals surface area contributed by atoms with Gasteiger partial charge in [0.05, 0.1) is 7.11 Å². The first kappa shape index (κ1) is 13.5. The van der Waals surface area contributed by atoms with Gasteiger partial charge in [0.15, 0.2) is 6.29 Å². The van der Waals surface area contributed by atoms with Crippen molar-refractivity contribution in [3.63, 3.8) is 0 Å². The SMILES string of the molecule is CCC(=CC(=O)OC)Sc1ccccc1C=O. The Morgan fingerprint density at radius 2 is 2.12 bits per heavy atom. The smallest absolute Gasteiger partial charge is 0.331 e. The van der Waals surface area contributed by atoms with E-state index in [0.29, 0.717) is 12.0 Å². The predicted octanol–water partition coefficient (Wildman–Crippen LogP) is 3.06. The molecule has 17 heavy (non-hydrogen) atoms. The van der Waals surface area contributed by atoms with Gasteiger partial charge in [-0.3, -0.25) is 4.79 Å². The highest BCUT2D eigenvalue weighted by molar-refractivity contribution is 8.03. The van der Waals surface area contributed by atoms with Gasteiger partial charge in [-0.2, -0.15) is 0 Å². The number of thioether (sulfide) groups is 1. The molecule has 0 radical (unpaired) electrons. The maximum Gasteiger partial charge on any atom is 0.331 e. The molecule has 3 nitrogen and oxygen atoms in total. The van der Waals surface area contributed by atoms with Gasteiger partial charge in [0, 0.05) is 16.5 Å². The maximum absolute atomic E-state index is 11.1. The van der Waals surface area contributed by atoms with E-state index in [1.54, 1.807) is 6.07 Å². The Kier molecular flexibility index (Phi) is 5.49. The van der Waals surface area contributed by atoms with E-state index in [9.17, 15) is 9.59 Å². The number of methoxy groups -OCH3 is 1. The van der Waals surface area contributed by atoms with E-state index in [4.69, 9.17) is 0 Å². The van der Waals surface area contributed by atoms with E-state index in [1.165, 1.54) is 24.9 Å². The van der Waals surface area contributed by atoms with Gasteiger partial charge in [0.2, 0.25) is 0 Å². The van der Waals surface area contributed by atoms with Crippen LogP contribution in [0.15, 0.2) is 40.1 Å². The Morgan fingerprint density at radius 1 is 1.41 bits per heavy atom. The largest absolute Gasteiger partial charge is 0.466 e. The predicted molar refractivity (Wildman–Crippen MR) is 68.1 cm³/mol. The molecule has 0 amide bonds. The number of benzene rings is 1. The molecule has 4 heteroatoms. The summed E-state index contributed by atoms with van der Waals surface area (Å²) in [5, 5.41) is 0. The second-order valence-electron chi connectivity index (χ2n) is 3.25. The molecule has 1 aromatic carbocycles. The number of hydrogen-bond acceptors (Lipinski definition) is 4. The van der Waals surface area contributed by atoms with Crippen molar-refractivity contribution in [1.29, 1.82) is 0 Å². The summed E-state index contributed by atoms with van der Waals surface area (Å²) in [6.45, 7) is 1.95. The van der Waals surface area contributed by atoms with E-state index in [0.717, 1.165) is 16.1 Å². The van der Waals surface area contributed by atoms with Gasteiger partial charge in [0.25, 0.3) is 0 Å². The van der Waals surface area contributed by atoms with Gasteiger partial charge in [-0.25, -0.2) is 4.79 Å². The number of carbonyl (C=O) groups excluding carboxylic acids is 2. The summed E-state index contributed by atoms with van der Waals surface area (Å²) < 4.78 is 4.58. The molecule has 0 aliphatic rings. The van der Waals surface area contributed by atoms with E-state index >= 15 is 0 Å². The second kappa shape index (κ2) is 6.91. The van der Waals surface area contributed by atoms with Gasteiger partial charge >= 0.3 is 5.97 Å². The quantitative estimate of drug-likeness (QED) is 0.348. The average Bonchev–Trinajstić information content (AvgIpc) is 2.38. The number of hydrogen-bond donors (Lipinski definition) is 0. The molecule has 0 N–H and O–H groups in total. The highest BCUT2D eigenvalue weighted by Crippen LogP contribution is 2.30. The molecule has 0 saturated heterocycles. The minimum Gasteiger partial charge on any atom is -0.466 e. The van der Waals surface area contributed by atoms with Crippen molar-refractivity contribution in [2.24, 2.45) is 0 Å². The molecule has 90 valence electrons. The number of rotatable bonds is 5. The molecule has 0 bridgehead atoms. The molecule has 0 heterocycles. The molecule has 0 aliphatic carbocycles. The summed E-state index contributed by atoms with van der Waals surface area (Å²) >= 11 is 1.41. The van der Waals surface area contributed by atoms with Crippen LogP contribution in [0.5, 0.6) is 0 Å². The summed E-state index contributed by atoms with van der Waals surface area (Å²) in [4.78, 5) is 23.7. The van der Waals surface area contributed by atoms with E-state index in [1.807, 2.05) is 25.1 Å². The Hall–Kier alpha value is -1.55. The van der Waals surface area contributed by atoms with Crippen LogP contribution >= 0.6 is 11.8 Å². The van der Waals surface area contributed by atoms with Crippen LogP contribution in [0.3, 0.4) is 0 Å². The zero-order valence-corrected chi connectivity index (χ0v) is 10.6. The van der Waals surface area contributed by atoms with Crippen LogP contribution in [-0.2, 0) is 9.53 Å². The van der Waals surface area contributed by atoms with Crippen LogP contribution in [0.25, 0.3) is 0 Å². The van der Waals surface area contributed by atoms with Crippen molar-refractivity contribution in [3.8, 4) is 0 Å². The van der Waals surface area contributed by atoms with Gasteiger partial charge in [0.1, 0.15) is 0 Å². The van der Waals surface area contributed by atoms with Crippen LogP contribution in [0, 0.1) is 0 Å². The lowest BCUT2D eigenvalue weighted by atomic mass is 10.2. The van der Waals surface area contributed by atoms with E-state index in [2.05, 4.69) is 4.74 Å². The molecule has 0 aromatic heterocycles. The molecule has 0 unspecified atom stereocenters. The van der Waals surface area contributed by atoms with Crippen LogP contribution in [0.2, 0.25) is 0 Å². The Morgan fingerprint density at radius 3 is 2.71 bits per heavy atom. The normalized spacial score (nSPS) is 11.1. The fourth-order valence-electron chi connectivity index (χ4n) is 1.21. The molecule has 0 fully saturated rings. The number of ether oxygens (including phenoxy) is 1. The van der Waals surface area contributed by atoms with Crippen molar-refractivity contribution in [1.82, 2.24) is 0 Å². The van der Waals surface area contributed by atoms with Crippen molar-refractivity contribution in [2.75, 3.05) is 7.11 Å². The number of allylic oxidation sites excluding steroid dienone is 1. The topological polar surface area (TPSA) is 43.4 Å². The Bertz CT molecular complexity index is 438. The van der Waals surface area contributed by atoms with Crippen molar-refractivity contribution >= 4 is 24.0 Å². The number of aldehydes is 1. The summed E-state index contributed by atoms with van der Waals surface area (Å²) in [7, 11) is 1.34. The summed E-state index contributed by atoms with van der Waals surface area (Å²) in [6, 6.07) is 7.28. The highest BCUT2D eigenvalue weighted by atomic mass is 32.2. The van der Waals surface area contributed by atoms with Crippen LogP contribution < -0.4 is 0 Å². The standard InChI is InChI=1S/C13H14O3S/c1-3-11(8-13(15)16-2)17-12-7-5-4-6-10(12)9-14/h4-9H,3H2,1-2H3. The summed E-state index contributed by atoms with van der Waals surface area (Å²) in [6.07, 6.45) is 2.98. The number of carbonyl (C=O) groups is 2. The zero-order chi connectivity index (χ0) is 12.7. The van der Waals surface area contributed by atoms with Gasteiger partial charge < -0.3 is 4.74 Å². The lowest BCUT2D eigenvalue weighted by Gasteiger charge is -2.06. The molecule has 1 rings (SSSR count). The third-order valence-electron chi connectivity index (χ3n) is 2.12. The Balaban J connectivity index is 2.91. The monoisotopic (exact) mass is 250 g/mol. The zero-order valence-electron chi connectivity index (χ0n) is 9.80. The first-order valence-corrected chi connectivity index (χ1v) is 6.03. The highest BCUT2D eigenvalue weighted by Gasteiger charge is 2.06. The van der Waals surface area contributed by atoms with Gasteiger partial charge in [-0.15, -0.1) is 0 Å². The van der Waals surface area contributed by atoms with Crippen LogP contribution in [-0.4, -0.2) is 19.4 Å². The minimum absolute atomic E-state index is 0.377. The molecule has 0 saturated carbocycles. The van der Waals surface area contributed by atoms with Crippen LogP contribution in [0.4, 0.5) is 0 Å². The third-order valence-corrected chi connectivity index (χ3v) is 3.38.